The van der Waals surface area contributed by atoms with Crippen LogP contribution >= 0.6 is 0 Å². The Balaban J connectivity index is 0.667. The normalized spacial score (nSPS) is 19.5. The van der Waals surface area contributed by atoms with Crippen LogP contribution in [0.4, 0.5) is 15.8 Å². The average Bonchev–Trinajstić information content (AvgIpc) is 3.89. The second-order valence-electron chi connectivity index (χ2n) is 18.6. The molecule has 3 N–H and O–H groups in total. The number of hydrogen-bond donors (Lipinski definition) is 3. The van der Waals surface area contributed by atoms with E-state index in [1.807, 2.05) is 23.2 Å². The minimum absolute atomic E-state index is 0.120. The van der Waals surface area contributed by atoms with E-state index >= 15 is 4.39 Å². The molecule has 4 saturated heterocycles. The topological polar surface area (TPSA) is 144 Å². The Bertz CT molecular complexity index is 2730. The van der Waals surface area contributed by atoms with Crippen LogP contribution in [0, 0.1) is 11.7 Å². The Morgan fingerprint density at radius 1 is 0.864 bits per heavy atom. The van der Waals surface area contributed by atoms with E-state index in [0.717, 1.165) is 136 Å². The van der Waals surface area contributed by atoms with Crippen molar-refractivity contribution in [3.8, 4) is 11.1 Å². The number of aromatic amines is 1. The lowest BCUT2D eigenvalue weighted by Gasteiger charge is -2.39. The maximum atomic E-state index is 15.3. The number of halogens is 1. The molecule has 0 bridgehead atoms. The monoisotopic (exact) mass is 894 g/mol. The van der Waals surface area contributed by atoms with Gasteiger partial charge >= 0.3 is 0 Å². The van der Waals surface area contributed by atoms with E-state index in [9.17, 15) is 14.4 Å². The second kappa shape index (κ2) is 19.0. The molecule has 0 saturated carbocycles. The van der Waals surface area contributed by atoms with Crippen molar-refractivity contribution in [1.82, 2.24) is 39.5 Å². The highest BCUT2D eigenvalue weighted by Crippen LogP contribution is 2.34. The van der Waals surface area contributed by atoms with Crippen LogP contribution in [0.15, 0.2) is 79.0 Å². The van der Waals surface area contributed by atoms with Gasteiger partial charge in [0.05, 0.1) is 16.7 Å². The highest BCUT2D eigenvalue weighted by molar-refractivity contribution is 6.01. The predicted molar refractivity (Wildman–Crippen MR) is 254 cm³/mol. The third-order valence-corrected chi connectivity index (χ3v) is 14.4. The number of H-pyrrole nitrogens is 1. The van der Waals surface area contributed by atoms with Gasteiger partial charge in [0.1, 0.15) is 29.9 Å². The number of amides is 3. The van der Waals surface area contributed by atoms with Crippen LogP contribution in [-0.2, 0) is 34.5 Å². The third-order valence-electron chi connectivity index (χ3n) is 14.4. The molecule has 3 aromatic carbocycles. The number of piperazine rings is 1. The fraction of sp³-hybridized carbons (Fsp3) is 0.431. The molecule has 66 heavy (non-hydrogen) atoms. The first-order chi connectivity index (χ1) is 32.1. The number of aryl methyl sites for hydroxylation is 1. The van der Waals surface area contributed by atoms with Gasteiger partial charge in [-0.25, -0.2) is 14.4 Å². The first-order valence-electron chi connectivity index (χ1n) is 23.6. The lowest BCUT2D eigenvalue weighted by atomic mass is 9.88. The minimum Gasteiger partial charge on any atom is -0.377 e. The van der Waals surface area contributed by atoms with Gasteiger partial charge in [0.2, 0.25) is 11.8 Å². The number of anilines is 2. The van der Waals surface area contributed by atoms with Crippen LogP contribution in [0.3, 0.4) is 0 Å². The van der Waals surface area contributed by atoms with Crippen LogP contribution in [0.5, 0.6) is 0 Å². The zero-order valence-electron chi connectivity index (χ0n) is 37.9. The Kier molecular flexibility index (Phi) is 12.6. The highest BCUT2D eigenvalue weighted by atomic mass is 19.1. The first kappa shape index (κ1) is 43.7. The molecular weight excluding hydrogens is 836 g/mol. The van der Waals surface area contributed by atoms with Crippen LogP contribution in [0.1, 0.15) is 71.9 Å². The number of piperidine rings is 3. The number of carbonyl (C=O) groups excluding carboxylic acids is 3. The summed E-state index contributed by atoms with van der Waals surface area (Å²) in [6.45, 7) is 9.03. The Morgan fingerprint density at radius 2 is 1.65 bits per heavy atom. The van der Waals surface area contributed by atoms with Crippen LogP contribution in [0.2, 0.25) is 0 Å². The summed E-state index contributed by atoms with van der Waals surface area (Å²) in [6, 6.07) is 23.6. The molecule has 15 heteroatoms. The quantitative estimate of drug-likeness (QED) is 0.114. The molecule has 0 aliphatic carbocycles. The van der Waals surface area contributed by atoms with Gasteiger partial charge in [0.25, 0.3) is 5.91 Å². The van der Waals surface area contributed by atoms with Gasteiger partial charge < -0.3 is 29.4 Å². The fourth-order valence-electron chi connectivity index (χ4n) is 10.6. The van der Waals surface area contributed by atoms with Crippen molar-refractivity contribution in [1.29, 1.82) is 0 Å². The standard InChI is InChI=1S/C51H59FN10O4/c1-58-39(29-41-40(13-18-53-49(41)58)37-7-9-43-45(27-37)56-47(55-43)32-66-2)31-59-19-16-35(17-20-59)34-3-5-36(6-4-34)51(65)62-21-14-33(15-22-62)30-60-23-25-61(26-24-60)46-11-8-38(28-42(46)52)54-44-10-12-48(63)57-50(44)64/h3-9,11,13,18,27-29,33,35,44,54H,10,12,14-17,19-26,30-32H2,1-2H3,(H,55,56)(H,57,63,64). The molecule has 3 aromatic heterocycles. The molecule has 7 heterocycles. The maximum Gasteiger partial charge on any atom is 0.253 e. The molecular formula is C51H59FN10O4. The maximum absolute atomic E-state index is 15.3. The van der Waals surface area contributed by atoms with E-state index in [1.165, 1.54) is 17.3 Å². The van der Waals surface area contributed by atoms with Gasteiger partial charge in [-0.3, -0.25) is 29.5 Å². The minimum atomic E-state index is -0.551. The largest absolute Gasteiger partial charge is 0.377 e. The van der Waals surface area contributed by atoms with Crippen LogP contribution in [-0.4, -0.2) is 124 Å². The van der Waals surface area contributed by atoms with Crippen molar-refractivity contribution in [2.45, 2.75) is 63.6 Å². The number of nitrogens with one attached hydrogen (secondary N) is 3. The van der Waals surface area contributed by atoms with E-state index in [2.05, 4.69) is 89.4 Å². The third kappa shape index (κ3) is 9.29. The van der Waals surface area contributed by atoms with Gasteiger partial charge in [-0.2, -0.15) is 0 Å². The Hall–Kier alpha value is -6.16. The van der Waals surface area contributed by atoms with Gasteiger partial charge in [0, 0.05) is 101 Å². The predicted octanol–water partition coefficient (Wildman–Crippen LogP) is 6.67. The molecule has 1 unspecified atom stereocenters. The van der Waals surface area contributed by atoms with E-state index in [1.54, 1.807) is 19.2 Å². The van der Waals surface area contributed by atoms with Crippen molar-refractivity contribution in [3.05, 3.63) is 107 Å². The molecule has 4 aliphatic heterocycles. The number of benzene rings is 3. The molecule has 6 aromatic rings. The zero-order valence-corrected chi connectivity index (χ0v) is 37.9. The molecule has 4 fully saturated rings. The average molecular weight is 895 g/mol. The summed E-state index contributed by atoms with van der Waals surface area (Å²) in [5, 5.41) is 6.55. The smallest absolute Gasteiger partial charge is 0.253 e. The number of rotatable bonds is 12. The molecule has 3 amide bonds. The number of fused-ring (bicyclic) bond motifs is 2. The van der Waals surface area contributed by atoms with E-state index < -0.39 is 6.04 Å². The number of ether oxygens (including phenoxy) is 1. The van der Waals surface area contributed by atoms with Crippen LogP contribution in [0.25, 0.3) is 33.2 Å². The number of hydrogen-bond acceptors (Lipinski definition) is 10. The molecule has 1 atom stereocenters. The summed E-state index contributed by atoms with van der Waals surface area (Å²) in [4.78, 5) is 59.2. The summed E-state index contributed by atoms with van der Waals surface area (Å²) in [6.07, 6.45) is 6.67. The highest BCUT2D eigenvalue weighted by Gasteiger charge is 2.30. The Morgan fingerprint density at radius 3 is 2.39 bits per heavy atom. The zero-order chi connectivity index (χ0) is 45.3. The molecule has 344 valence electrons. The molecule has 10 rings (SSSR count). The summed E-state index contributed by atoms with van der Waals surface area (Å²) >= 11 is 0. The van der Waals surface area contributed by atoms with Crippen molar-refractivity contribution < 1.29 is 23.5 Å². The summed E-state index contributed by atoms with van der Waals surface area (Å²) < 4.78 is 22.8. The van der Waals surface area contributed by atoms with E-state index in [-0.39, 0.29) is 30.0 Å². The Labute approximate surface area is 384 Å². The van der Waals surface area contributed by atoms with Crippen LogP contribution < -0.4 is 15.5 Å². The number of aromatic nitrogens is 4. The van der Waals surface area contributed by atoms with Gasteiger partial charge in [-0.15, -0.1) is 0 Å². The molecule has 14 nitrogen and oxygen atoms in total. The fourth-order valence-corrected chi connectivity index (χ4v) is 10.6. The number of imide groups is 1. The summed E-state index contributed by atoms with van der Waals surface area (Å²) in [7, 11) is 3.79. The number of imidazole rings is 1. The lowest BCUT2D eigenvalue weighted by Crippen LogP contribution is -2.49. The van der Waals surface area contributed by atoms with E-state index in [0.29, 0.717) is 36.2 Å². The number of carbonyl (C=O) groups is 3. The van der Waals surface area contributed by atoms with Gasteiger partial charge in [-0.1, -0.05) is 18.2 Å². The number of methoxy groups -OCH3 is 1. The van der Waals surface area contributed by atoms with Gasteiger partial charge in [-0.05, 0) is 128 Å². The van der Waals surface area contributed by atoms with Crippen molar-refractivity contribution in [2.75, 3.05) is 76.2 Å². The van der Waals surface area contributed by atoms with E-state index in [4.69, 9.17) is 9.72 Å². The lowest BCUT2D eigenvalue weighted by molar-refractivity contribution is -0.133. The molecule has 0 radical (unpaired) electrons. The van der Waals surface area contributed by atoms with Crippen molar-refractivity contribution in [3.63, 3.8) is 0 Å². The first-order valence-corrected chi connectivity index (χ1v) is 23.6. The number of pyridine rings is 1. The number of nitrogens with zero attached hydrogens (tertiary/aromatic N) is 7. The summed E-state index contributed by atoms with van der Waals surface area (Å²) in [5.41, 5.74) is 9.61. The SMILES string of the molecule is COCc1nc2ccc(-c3ccnc4c3cc(CN3CCC(c5ccc(C(=O)N6CCC(CN7CCN(c8ccc(NC9CCC(=O)NC9=O)cc8F)CC7)CC6)cc5)CC3)n4C)cc2[nH]1. The van der Waals surface area contributed by atoms with Gasteiger partial charge in [0.15, 0.2) is 0 Å². The van der Waals surface area contributed by atoms with Crippen molar-refractivity contribution in [2.24, 2.45) is 13.0 Å². The number of likely N-dealkylation sites (tertiary alicyclic amines) is 2. The molecule has 4 aliphatic rings. The second-order valence-corrected chi connectivity index (χ2v) is 18.6. The molecule has 0 spiro atoms. The summed E-state index contributed by atoms with van der Waals surface area (Å²) in [5.74, 6) is 0.958. The van der Waals surface area contributed by atoms with Crippen molar-refractivity contribution >= 4 is 51.2 Å².